The number of ketones is 1. The lowest BCUT2D eigenvalue weighted by Gasteiger charge is -2.31. The molecule has 2 N–H and O–H groups in total. The van der Waals surface area contributed by atoms with Gasteiger partial charge in [0.25, 0.3) is 5.91 Å². The van der Waals surface area contributed by atoms with E-state index >= 15 is 0 Å². The summed E-state index contributed by atoms with van der Waals surface area (Å²) in [5.74, 6) is -0.891. The predicted molar refractivity (Wildman–Crippen MR) is 101 cm³/mol. The maximum atomic E-state index is 12.5. The van der Waals surface area contributed by atoms with Crippen LogP contribution in [0.3, 0.4) is 0 Å². The van der Waals surface area contributed by atoms with Crippen molar-refractivity contribution in [3.63, 3.8) is 0 Å². The number of ether oxygens (including phenoxy) is 1. The van der Waals surface area contributed by atoms with Crippen molar-refractivity contribution in [3.8, 4) is 0 Å². The average Bonchev–Trinajstić information content (AvgIpc) is 2.91. The molecule has 0 unspecified atom stereocenters. The minimum absolute atomic E-state index is 0.0448. The summed E-state index contributed by atoms with van der Waals surface area (Å²) in [6.45, 7) is 9.44. The fourth-order valence-corrected chi connectivity index (χ4v) is 4.21. The van der Waals surface area contributed by atoms with Crippen LogP contribution in [-0.4, -0.2) is 67.8 Å². The number of nitrogens with one attached hydrogen (secondary N) is 2. The van der Waals surface area contributed by atoms with Crippen LogP contribution in [0.25, 0.3) is 0 Å². The third-order valence-electron chi connectivity index (χ3n) is 4.53. The second-order valence-corrected chi connectivity index (χ2v) is 7.54. The molecular formula is C18H26N3O5S+. The normalized spacial score (nSPS) is 14.7. The lowest BCUT2D eigenvalue weighted by molar-refractivity contribution is -0.895. The summed E-state index contributed by atoms with van der Waals surface area (Å²) in [6, 6.07) is 0. The summed E-state index contributed by atoms with van der Waals surface area (Å²) >= 11 is 1.10. The summed E-state index contributed by atoms with van der Waals surface area (Å²) in [5.41, 5.74) is 0.778. The Morgan fingerprint density at radius 2 is 1.81 bits per heavy atom. The maximum absolute atomic E-state index is 12.5. The van der Waals surface area contributed by atoms with Crippen molar-refractivity contribution in [2.45, 2.75) is 27.7 Å². The lowest BCUT2D eigenvalue weighted by atomic mass is 10.1. The van der Waals surface area contributed by atoms with Crippen molar-refractivity contribution < 1.29 is 28.8 Å². The highest BCUT2D eigenvalue weighted by Crippen LogP contribution is 2.34. The van der Waals surface area contributed by atoms with Crippen molar-refractivity contribution in [1.82, 2.24) is 4.90 Å². The van der Waals surface area contributed by atoms with Crippen LogP contribution in [0, 0.1) is 6.92 Å². The Kier molecular flexibility index (Phi) is 7.09. The van der Waals surface area contributed by atoms with Gasteiger partial charge in [-0.1, -0.05) is 0 Å². The van der Waals surface area contributed by atoms with E-state index in [4.69, 9.17) is 4.74 Å². The molecule has 2 rings (SSSR count). The molecule has 8 nitrogen and oxygen atoms in total. The first kappa shape index (κ1) is 21.0. The number of rotatable bonds is 6. The zero-order valence-electron chi connectivity index (χ0n) is 16.1. The number of piperazine rings is 1. The van der Waals surface area contributed by atoms with Crippen molar-refractivity contribution in [1.29, 1.82) is 0 Å². The molecule has 0 saturated carbocycles. The van der Waals surface area contributed by atoms with Crippen LogP contribution in [0.15, 0.2) is 0 Å². The number of carbonyl (C=O) groups excluding carboxylic acids is 4. The van der Waals surface area contributed by atoms with Crippen LogP contribution in [0.4, 0.5) is 5.00 Å². The molecule has 0 bridgehead atoms. The molecule has 0 radical (unpaired) electrons. The number of esters is 1. The molecule has 2 heterocycles. The SMILES string of the molecule is CCOC(=O)c1c(NC(=O)C[NH+]2CCN(C(C)=O)CC2)sc(C(C)=O)c1C. The van der Waals surface area contributed by atoms with Crippen molar-refractivity contribution >= 4 is 39.9 Å². The van der Waals surface area contributed by atoms with E-state index in [-0.39, 0.29) is 36.3 Å². The summed E-state index contributed by atoms with van der Waals surface area (Å²) in [5, 5.41) is 3.12. The molecule has 9 heteroatoms. The van der Waals surface area contributed by atoms with E-state index in [1.165, 1.54) is 6.92 Å². The van der Waals surface area contributed by atoms with E-state index in [1.54, 1.807) is 25.7 Å². The maximum Gasteiger partial charge on any atom is 0.341 e. The van der Waals surface area contributed by atoms with Crippen molar-refractivity contribution in [3.05, 3.63) is 16.0 Å². The first-order valence-electron chi connectivity index (χ1n) is 8.94. The first-order chi connectivity index (χ1) is 12.7. The zero-order chi connectivity index (χ0) is 20.1. The van der Waals surface area contributed by atoms with Gasteiger partial charge in [0.05, 0.1) is 43.2 Å². The molecule has 1 aromatic heterocycles. The number of anilines is 1. The van der Waals surface area contributed by atoms with E-state index < -0.39 is 5.97 Å². The molecule has 1 aromatic rings. The molecular weight excluding hydrogens is 370 g/mol. The molecule has 1 saturated heterocycles. The van der Waals surface area contributed by atoms with Gasteiger partial charge in [0.2, 0.25) is 5.91 Å². The van der Waals surface area contributed by atoms with Gasteiger partial charge in [0, 0.05) is 6.92 Å². The first-order valence-corrected chi connectivity index (χ1v) is 9.76. The quantitative estimate of drug-likeness (QED) is 0.526. The van der Waals surface area contributed by atoms with E-state index in [2.05, 4.69) is 5.32 Å². The van der Waals surface area contributed by atoms with Gasteiger partial charge in [-0.3, -0.25) is 14.4 Å². The molecule has 1 aliphatic rings. The Balaban J connectivity index is 2.08. The standard InChI is InChI=1S/C18H25N3O5S/c1-5-26-18(25)15-11(2)16(12(3)22)27-17(15)19-14(24)10-20-6-8-21(9-7-20)13(4)23/h5-10H2,1-4H3,(H,19,24)/p+1. The van der Waals surface area contributed by atoms with Crippen LogP contribution in [0.5, 0.6) is 0 Å². The number of quaternary nitrogens is 1. The van der Waals surface area contributed by atoms with E-state index in [0.29, 0.717) is 41.6 Å². The third kappa shape index (κ3) is 5.14. The second kappa shape index (κ2) is 9.09. The molecule has 148 valence electrons. The summed E-state index contributed by atoms with van der Waals surface area (Å²) in [4.78, 5) is 51.2. The van der Waals surface area contributed by atoms with Crippen LogP contribution in [0.1, 0.15) is 46.4 Å². The van der Waals surface area contributed by atoms with Gasteiger partial charge in [-0.25, -0.2) is 4.79 Å². The molecule has 0 aliphatic carbocycles. The highest BCUT2D eigenvalue weighted by molar-refractivity contribution is 7.18. The summed E-state index contributed by atoms with van der Waals surface area (Å²) in [7, 11) is 0. The van der Waals surface area contributed by atoms with Crippen LogP contribution in [-0.2, 0) is 14.3 Å². The van der Waals surface area contributed by atoms with Crippen LogP contribution in [0.2, 0.25) is 0 Å². The van der Waals surface area contributed by atoms with Gasteiger partial charge < -0.3 is 19.9 Å². The molecule has 1 fully saturated rings. The Morgan fingerprint density at radius 3 is 2.33 bits per heavy atom. The number of nitrogens with zero attached hydrogens (tertiary/aromatic N) is 1. The number of hydrogen-bond donors (Lipinski definition) is 2. The second-order valence-electron chi connectivity index (χ2n) is 6.52. The highest BCUT2D eigenvalue weighted by atomic mass is 32.1. The fourth-order valence-electron chi connectivity index (χ4n) is 3.10. The molecule has 1 aliphatic heterocycles. The molecule has 0 atom stereocenters. The summed E-state index contributed by atoms with van der Waals surface area (Å²) in [6.07, 6.45) is 0. The Morgan fingerprint density at radius 1 is 1.19 bits per heavy atom. The van der Waals surface area contributed by atoms with Crippen LogP contribution < -0.4 is 10.2 Å². The topological polar surface area (TPSA) is 97.2 Å². The van der Waals surface area contributed by atoms with E-state index in [1.807, 2.05) is 0 Å². The number of thiophene rings is 1. The van der Waals surface area contributed by atoms with Gasteiger partial charge in [-0.2, -0.15) is 0 Å². The Labute approximate surface area is 162 Å². The number of carbonyl (C=O) groups is 4. The number of hydrogen-bond acceptors (Lipinski definition) is 6. The van der Waals surface area contributed by atoms with Crippen molar-refractivity contribution in [2.75, 3.05) is 44.6 Å². The van der Waals surface area contributed by atoms with E-state index in [0.717, 1.165) is 16.2 Å². The van der Waals surface area contributed by atoms with E-state index in [9.17, 15) is 19.2 Å². The van der Waals surface area contributed by atoms with Gasteiger partial charge in [0.1, 0.15) is 5.00 Å². The Bertz CT molecular complexity index is 750. The van der Waals surface area contributed by atoms with Gasteiger partial charge in [-0.15, -0.1) is 11.3 Å². The zero-order valence-corrected chi connectivity index (χ0v) is 17.0. The largest absolute Gasteiger partial charge is 0.462 e. The fraction of sp³-hybridized carbons (Fsp3) is 0.556. The number of amides is 2. The molecule has 2 amide bonds. The molecule has 0 spiro atoms. The smallest absolute Gasteiger partial charge is 0.341 e. The minimum Gasteiger partial charge on any atom is -0.462 e. The molecule has 27 heavy (non-hydrogen) atoms. The highest BCUT2D eigenvalue weighted by Gasteiger charge is 2.27. The average molecular weight is 396 g/mol. The predicted octanol–water partition coefficient (Wildman–Crippen LogP) is 0.121. The lowest BCUT2D eigenvalue weighted by Crippen LogP contribution is -3.15. The third-order valence-corrected chi connectivity index (χ3v) is 5.83. The summed E-state index contributed by atoms with van der Waals surface area (Å²) < 4.78 is 5.07. The Hall–Kier alpha value is -2.26. The minimum atomic E-state index is -0.545. The monoisotopic (exact) mass is 396 g/mol. The van der Waals surface area contributed by atoms with Crippen molar-refractivity contribution in [2.24, 2.45) is 0 Å². The van der Waals surface area contributed by atoms with Gasteiger partial charge in [0.15, 0.2) is 12.3 Å². The van der Waals surface area contributed by atoms with Gasteiger partial charge >= 0.3 is 5.97 Å². The van der Waals surface area contributed by atoms with Gasteiger partial charge in [-0.05, 0) is 26.3 Å². The van der Waals surface area contributed by atoms with Crippen LogP contribution >= 0.6 is 11.3 Å². The number of Topliss-reactive ketones (excluding diaryl/α,β-unsaturated/α-hetero) is 1. The molecule has 0 aromatic carbocycles.